The van der Waals surface area contributed by atoms with Gasteiger partial charge >= 0.3 is 0 Å². The molecule has 0 bridgehead atoms. The minimum atomic E-state index is -1.68. The monoisotopic (exact) mass is 254 g/mol. The number of hydrogen-bond donors (Lipinski definition) is 2. The zero-order valence-corrected chi connectivity index (χ0v) is 8.93. The molecule has 1 unspecified atom stereocenters. The highest BCUT2D eigenvalue weighted by Crippen LogP contribution is 2.16. The minimum absolute atomic E-state index is 0.0779. The van der Waals surface area contributed by atoms with Crippen molar-refractivity contribution in [2.24, 2.45) is 0 Å². The van der Waals surface area contributed by atoms with Gasteiger partial charge in [0, 0.05) is 11.6 Å². The molecule has 0 radical (unpaired) electrons. The van der Waals surface area contributed by atoms with Crippen molar-refractivity contribution in [3.63, 3.8) is 0 Å². The van der Waals surface area contributed by atoms with E-state index in [4.69, 9.17) is 0 Å². The molecule has 2 aromatic rings. The lowest BCUT2D eigenvalue weighted by Gasteiger charge is -2.12. The Kier molecular flexibility index (Phi) is 3.33. The number of aliphatic hydroxyl groups excluding tert-OH is 1. The van der Waals surface area contributed by atoms with Crippen LogP contribution in [0.25, 0.3) is 0 Å². The summed E-state index contributed by atoms with van der Waals surface area (Å²) in [7, 11) is 0. The number of rotatable bonds is 3. The number of aromatic nitrogens is 1. The van der Waals surface area contributed by atoms with E-state index < -0.39 is 23.8 Å². The first-order chi connectivity index (χ1) is 8.58. The Morgan fingerprint density at radius 1 is 1.39 bits per heavy atom. The maximum Gasteiger partial charge on any atom is 0.275 e. The smallest absolute Gasteiger partial charge is 0.275 e. The number of halogens is 2. The summed E-state index contributed by atoms with van der Waals surface area (Å²) in [6.45, 7) is 0. The average Bonchev–Trinajstić information content (AvgIpc) is 2.85. The highest BCUT2D eigenvalue weighted by atomic mass is 19.1. The quantitative estimate of drug-likeness (QED) is 0.811. The second-order valence-corrected chi connectivity index (χ2v) is 3.43. The fourth-order valence-electron chi connectivity index (χ4n) is 1.33. The molecule has 1 amide bonds. The third-order valence-corrected chi connectivity index (χ3v) is 2.19. The third-order valence-electron chi connectivity index (χ3n) is 2.19. The van der Waals surface area contributed by atoms with Gasteiger partial charge in [-0.3, -0.25) is 4.79 Å². The van der Waals surface area contributed by atoms with Gasteiger partial charge in [0.15, 0.2) is 11.9 Å². The molecule has 1 aromatic carbocycles. The molecule has 0 saturated heterocycles. The number of carbonyl (C=O) groups excluding carboxylic acids is 1. The van der Waals surface area contributed by atoms with Gasteiger partial charge in [-0.25, -0.2) is 8.78 Å². The summed E-state index contributed by atoms with van der Waals surface area (Å²) in [6.07, 6.45) is -0.505. The average molecular weight is 254 g/mol. The summed E-state index contributed by atoms with van der Waals surface area (Å²) in [6, 6.07) is 3.83. The van der Waals surface area contributed by atoms with Crippen LogP contribution in [0.4, 0.5) is 8.78 Å². The topological polar surface area (TPSA) is 75.4 Å². The van der Waals surface area contributed by atoms with E-state index in [9.17, 15) is 18.7 Å². The summed E-state index contributed by atoms with van der Waals surface area (Å²) >= 11 is 0. The Morgan fingerprint density at radius 2 is 2.17 bits per heavy atom. The van der Waals surface area contributed by atoms with Crippen LogP contribution in [0.1, 0.15) is 22.3 Å². The van der Waals surface area contributed by atoms with Gasteiger partial charge in [0.2, 0.25) is 0 Å². The number of carbonyl (C=O) groups is 1. The van der Waals surface area contributed by atoms with Crippen LogP contribution in [0.2, 0.25) is 0 Å². The summed E-state index contributed by atoms with van der Waals surface area (Å²) in [5, 5.41) is 15.0. The van der Waals surface area contributed by atoms with Crippen molar-refractivity contribution < 1.29 is 23.2 Å². The van der Waals surface area contributed by atoms with Crippen LogP contribution in [0.15, 0.2) is 35.1 Å². The molecule has 18 heavy (non-hydrogen) atoms. The van der Waals surface area contributed by atoms with Crippen LogP contribution >= 0.6 is 0 Å². The Morgan fingerprint density at radius 3 is 2.83 bits per heavy atom. The molecule has 0 aliphatic heterocycles. The van der Waals surface area contributed by atoms with Crippen molar-refractivity contribution in [3.8, 4) is 0 Å². The van der Waals surface area contributed by atoms with Crippen molar-refractivity contribution in [2.45, 2.75) is 6.23 Å². The molecule has 0 fully saturated rings. The SMILES string of the molecule is O=C(NC(O)c1cc(F)ccc1F)c1ccon1. The van der Waals surface area contributed by atoms with Crippen LogP contribution in [-0.4, -0.2) is 16.2 Å². The number of nitrogens with zero attached hydrogens (tertiary/aromatic N) is 1. The van der Waals surface area contributed by atoms with Gasteiger partial charge in [-0.2, -0.15) is 0 Å². The largest absolute Gasteiger partial charge is 0.369 e. The highest BCUT2D eigenvalue weighted by Gasteiger charge is 2.18. The molecule has 0 saturated carbocycles. The van der Waals surface area contributed by atoms with Gasteiger partial charge in [0.25, 0.3) is 5.91 Å². The number of aliphatic hydroxyl groups is 1. The second kappa shape index (κ2) is 4.92. The van der Waals surface area contributed by atoms with E-state index in [1.54, 1.807) is 0 Å². The predicted molar refractivity (Wildman–Crippen MR) is 55.3 cm³/mol. The third kappa shape index (κ3) is 2.51. The number of amides is 1. The molecule has 0 aliphatic carbocycles. The first kappa shape index (κ1) is 12.2. The van der Waals surface area contributed by atoms with Gasteiger partial charge in [-0.15, -0.1) is 0 Å². The van der Waals surface area contributed by atoms with Gasteiger partial charge in [0.05, 0.1) is 0 Å². The van der Waals surface area contributed by atoms with Crippen LogP contribution in [-0.2, 0) is 0 Å². The maximum absolute atomic E-state index is 13.3. The van der Waals surface area contributed by atoms with E-state index in [0.717, 1.165) is 18.2 Å². The standard InChI is InChI=1S/C11H8F2N2O3/c12-6-1-2-8(13)7(5-6)10(16)14-11(17)9-3-4-18-15-9/h1-5,10,16H,(H,14,17). The summed E-state index contributed by atoms with van der Waals surface area (Å²) < 4.78 is 30.6. The fraction of sp³-hybridized carbons (Fsp3) is 0.0909. The Hall–Kier alpha value is -2.28. The zero-order chi connectivity index (χ0) is 13.1. The Bertz CT molecular complexity index is 557. The molecular weight excluding hydrogens is 246 g/mol. The lowest BCUT2D eigenvalue weighted by Crippen LogP contribution is -2.29. The maximum atomic E-state index is 13.3. The zero-order valence-electron chi connectivity index (χ0n) is 8.93. The molecule has 1 heterocycles. The molecule has 94 valence electrons. The summed E-state index contributed by atoms with van der Waals surface area (Å²) in [5.41, 5.74) is -0.447. The van der Waals surface area contributed by atoms with Crippen molar-refractivity contribution in [3.05, 3.63) is 53.4 Å². The van der Waals surface area contributed by atoms with Crippen LogP contribution in [0, 0.1) is 11.6 Å². The normalized spacial score (nSPS) is 12.2. The molecule has 7 heteroatoms. The molecule has 1 aromatic heterocycles. The summed E-state index contributed by atoms with van der Waals surface area (Å²) in [5.74, 6) is -2.31. The van der Waals surface area contributed by atoms with E-state index in [-0.39, 0.29) is 11.3 Å². The molecule has 0 aliphatic rings. The number of nitrogens with one attached hydrogen (secondary N) is 1. The van der Waals surface area contributed by atoms with Crippen LogP contribution in [0.5, 0.6) is 0 Å². The highest BCUT2D eigenvalue weighted by molar-refractivity contribution is 5.92. The lowest BCUT2D eigenvalue weighted by molar-refractivity contribution is 0.0766. The number of hydrogen-bond acceptors (Lipinski definition) is 4. The van der Waals surface area contributed by atoms with Crippen molar-refractivity contribution in [1.29, 1.82) is 0 Å². The van der Waals surface area contributed by atoms with E-state index >= 15 is 0 Å². The molecule has 2 rings (SSSR count). The van der Waals surface area contributed by atoms with Crippen molar-refractivity contribution >= 4 is 5.91 Å². The second-order valence-electron chi connectivity index (χ2n) is 3.43. The van der Waals surface area contributed by atoms with Gasteiger partial charge in [-0.1, -0.05) is 5.16 Å². The first-order valence-electron chi connectivity index (χ1n) is 4.92. The molecular formula is C11H8F2N2O3. The minimum Gasteiger partial charge on any atom is -0.369 e. The van der Waals surface area contributed by atoms with Gasteiger partial charge in [0.1, 0.15) is 17.9 Å². The molecule has 1 atom stereocenters. The number of benzene rings is 1. The predicted octanol–water partition coefficient (Wildman–Crippen LogP) is 1.37. The fourth-order valence-corrected chi connectivity index (χ4v) is 1.33. The Balaban J connectivity index is 2.14. The van der Waals surface area contributed by atoms with E-state index in [0.29, 0.717) is 0 Å². The first-order valence-corrected chi connectivity index (χ1v) is 4.92. The van der Waals surface area contributed by atoms with Crippen molar-refractivity contribution in [1.82, 2.24) is 10.5 Å². The molecule has 2 N–H and O–H groups in total. The lowest BCUT2D eigenvalue weighted by atomic mass is 10.1. The van der Waals surface area contributed by atoms with Gasteiger partial charge < -0.3 is 14.9 Å². The van der Waals surface area contributed by atoms with Crippen molar-refractivity contribution in [2.75, 3.05) is 0 Å². The van der Waals surface area contributed by atoms with Crippen LogP contribution < -0.4 is 5.32 Å². The Labute approximate surface area is 100 Å². The van der Waals surface area contributed by atoms with E-state index in [1.165, 1.54) is 12.3 Å². The molecule has 5 nitrogen and oxygen atoms in total. The summed E-state index contributed by atoms with van der Waals surface area (Å²) in [4.78, 5) is 11.5. The van der Waals surface area contributed by atoms with E-state index in [1.807, 2.05) is 0 Å². The molecule has 0 spiro atoms. The van der Waals surface area contributed by atoms with Crippen LogP contribution in [0.3, 0.4) is 0 Å². The van der Waals surface area contributed by atoms with E-state index in [2.05, 4.69) is 15.0 Å². The van der Waals surface area contributed by atoms with Gasteiger partial charge in [-0.05, 0) is 18.2 Å².